The molecule has 1 amide bonds. The molecular formula is C12H12N6OS2. The van der Waals surface area contributed by atoms with Gasteiger partial charge in [0.1, 0.15) is 0 Å². The average Bonchev–Trinajstić information content (AvgIpc) is 3.01. The van der Waals surface area contributed by atoms with Gasteiger partial charge in [0.15, 0.2) is 5.13 Å². The van der Waals surface area contributed by atoms with E-state index in [1.165, 1.54) is 33.3 Å². The molecule has 0 spiro atoms. The van der Waals surface area contributed by atoms with E-state index < -0.39 is 0 Å². The number of benzene rings is 1. The van der Waals surface area contributed by atoms with Crippen molar-refractivity contribution in [2.24, 2.45) is 7.05 Å². The number of aromatic nitrogens is 5. The molecule has 3 rings (SSSR count). The molecule has 0 fully saturated rings. The van der Waals surface area contributed by atoms with Gasteiger partial charge in [-0.25, -0.2) is 9.67 Å². The normalized spacial score (nSPS) is 11.0. The van der Waals surface area contributed by atoms with Gasteiger partial charge >= 0.3 is 0 Å². The fourth-order valence-corrected chi connectivity index (χ4v) is 3.34. The first kappa shape index (κ1) is 14.0. The van der Waals surface area contributed by atoms with E-state index in [4.69, 9.17) is 0 Å². The topological polar surface area (TPSA) is 85.6 Å². The predicted octanol–water partition coefficient (Wildman–Crippen LogP) is 1.86. The summed E-state index contributed by atoms with van der Waals surface area (Å²) in [5, 5.41) is 15.1. The van der Waals surface area contributed by atoms with E-state index in [0.717, 1.165) is 10.2 Å². The Hall–Kier alpha value is -2.00. The molecule has 2 aromatic heterocycles. The van der Waals surface area contributed by atoms with Gasteiger partial charge in [0.2, 0.25) is 11.1 Å². The second kappa shape index (κ2) is 5.78. The molecule has 0 bridgehead atoms. The molecule has 21 heavy (non-hydrogen) atoms. The molecule has 0 radical (unpaired) electrons. The summed E-state index contributed by atoms with van der Waals surface area (Å²) in [6.45, 7) is 2.03. The van der Waals surface area contributed by atoms with E-state index in [0.29, 0.717) is 10.3 Å². The summed E-state index contributed by atoms with van der Waals surface area (Å²) < 4.78 is 2.59. The molecule has 0 aliphatic carbocycles. The van der Waals surface area contributed by atoms with Gasteiger partial charge in [0.25, 0.3) is 0 Å². The van der Waals surface area contributed by atoms with Gasteiger partial charge < -0.3 is 5.32 Å². The van der Waals surface area contributed by atoms with Crippen molar-refractivity contribution in [3.05, 3.63) is 23.8 Å². The Morgan fingerprint density at radius 3 is 3.10 bits per heavy atom. The minimum absolute atomic E-state index is 0.126. The molecule has 3 aromatic rings. The number of nitrogens with one attached hydrogen (secondary N) is 1. The number of fused-ring (bicyclic) bond motifs is 1. The molecular weight excluding hydrogens is 308 g/mol. The van der Waals surface area contributed by atoms with Crippen molar-refractivity contribution in [3.8, 4) is 0 Å². The van der Waals surface area contributed by atoms with Gasteiger partial charge in [0.05, 0.1) is 16.0 Å². The van der Waals surface area contributed by atoms with Crippen molar-refractivity contribution in [2.75, 3.05) is 11.1 Å². The van der Waals surface area contributed by atoms with E-state index in [-0.39, 0.29) is 11.7 Å². The number of anilines is 1. The number of hydrogen-bond acceptors (Lipinski definition) is 7. The highest BCUT2D eigenvalue weighted by atomic mass is 32.2. The van der Waals surface area contributed by atoms with E-state index in [2.05, 4.69) is 31.9 Å². The van der Waals surface area contributed by atoms with Crippen molar-refractivity contribution in [2.45, 2.75) is 12.1 Å². The van der Waals surface area contributed by atoms with Crippen LogP contribution in [0.25, 0.3) is 10.2 Å². The quantitative estimate of drug-likeness (QED) is 0.739. The van der Waals surface area contributed by atoms with Crippen molar-refractivity contribution in [1.82, 2.24) is 25.2 Å². The van der Waals surface area contributed by atoms with Gasteiger partial charge in [-0.2, -0.15) is 0 Å². The minimum Gasteiger partial charge on any atom is -0.301 e. The Labute approximate surface area is 128 Å². The van der Waals surface area contributed by atoms with Crippen LogP contribution in [0.1, 0.15) is 5.56 Å². The number of rotatable bonds is 4. The van der Waals surface area contributed by atoms with Gasteiger partial charge in [0, 0.05) is 7.05 Å². The third-order valence-electron chi connectivity index (χ3n) is 2.70. The first-order valence-corrected chi connectivity index (χ1v) is 7.94. The Morgan fingerprint density at radius 1 is 1.48 bits per heavy atom. The standard InChI is InChI=1S/C12H12N6OS2/c1-7-3-4-8-9(5-7)21-11(13-8)14-10(19)6-20-12-15-16-17-18(12)2/h3-5H,6H2,1-2H3,(H,13,14,19). The first-order valence-electron chi connectivity index (χ1n) is 6.14. The van der Waals surface area contributed by atoms with E-state index in [1.54, 1.807) is 7.05 Å². The molecule has 108 valence electrons. The highest BCUT2D eigenvalue weighted by molar-refractivity contribution is 7.99. The lowest BCUT2D eigenvalue weighted by Gasteiger charge is -2.00. The summed E-state index contributed by atoms with van der Waals surface area (Å²) in [7, 11) is 1.73. The molecule has 1 N–H and O–H groups in total. The summed E-state index contributed by atoms with van der Waals surface area (Å²) in [4.78, 5) is 16.3. The molecule has 1 aromatic carbocycles. The molecule has 9 heteroatoms. The molecule has 2 heterocycles. The minimum atomic E-state index is -0.126. The SMILES string of the molecule is Cc1ccc2nc(NC(=O)CSc3nnnn3C)sc2c1. The molecule has 7 nitrogen and oxygen atoms in total. The summed E-state index contributed by atoms with van der Waals surface area (Å²) >= 11 is 2.75. The van der Waals surface area contributed by atoms with E-state index >= 15 is 0 Å². The summed E-state index contributed by atoms with van der Waals surface area (Å²) in [6.07, 6.45) is 0. The maximum Gasteiger partial charge on any atom is 0.236 e. The van der Waals surface area contributed by atoms with Crippen LogP contribution < -0.4 is 5.32 Å². The van der Waals surface area contributed by atoms with Crippen LogP contribution in [-0.4, -0.2) is 36.9 Å². The van der Waals surface area contributed by atoms with Gasteiger partial charge in [-0.1, -0.05) is 29.2 Å². The molecule has 0 saturated heterocycles. The van der Waals surface area contributed by atoms with Crippen LogP contribution in [0.5, 0.6) is 0 Å². The summed E-state index contributed by atoms with van der Waals surface area (Å²) in [6, 6.07) is 6.02. The van der Waals surface area contributed by atoms with Crippen molar-refractivity contribution >= 4 is 44.4 Å². The van der Waals surface area contributed by atoms with Crippen LogP contribution in [0.15, 0.2) is 23.4 Å². The van der Waals surface area contributed by atoms with Gasteiger partial charge in [-0.05, 0) is 35.0 Å². The number of aryl methyl sites for hydroxylation is 2. The number of tetrazole rings is 1. The average molecular weight is 320 g/mol. The molecule has 0 unspecified atom stereocenters. The number of carbonyl (C=O) groups excluding carboxylic acids is 1. The fraction of sp³-hybridized carbons (Fsp3) is 0.250. The second-order valence-electron chi connectivity index (χ2n) is 4.41. The lowest BCUT2D eigenvalue weighted by molar-refractivity contribution is -0.113. The first-order chi connectivity index (χ1) is 10.1. The smallest absolute Gasteiger partial charge is 0.236 e. The number of amides is 1. The third-order valence-corrected chi connectivity index (χ3v) is 4.65. The predicted molar refractivity (Wildman–Crippen MR) is 82.5 cm³/mol. The maximum absolute atomic E-state index is 11.9. The number of nitrogens with zero attached hydrogens (tertiary/aromatic N) is 5. The number of hydrogen-bond donors (Lipinski definition) is 1. The zero-order valence-electron chi connectivity index (χ0n) is 11.4. The van der Waals surface area contributed by atoms with Gasteiger partial charge in [-0.15, -0.1) is 5.10 Å². The number of thioether (sulfide) groups is 1. The highest BCUT2D eigenvalue weighted by Gasteiger charge is 2.10. The Balaban J connectivity index is 1.64. The van der Waals surface area contributed by atoms with Crippen LogP contribution in [0.2, 0.25) is 0 Å². The molecule has 0 aliphatic heterocycles. The van der Waals surface area contributed by atoms with E-state index in [1.807, 2.05) is 19.1 Å². The second-order valence-corrected chi connectivity index (χ2v) is 6.39. The van der Waals surface area contributed by atoms with Crippen LogP contribution >= 0.6 is 23.1 Å². The lowest BCUT2D eigenvalue weighted by Crippen LogP contribution is -2.14. The third kappa shape index (κ3) is 3.19. The maximum atomic E-state index is 11.9. The van der Waals surface area contributed by atoms with Crippen LogP contribution in [0.4, 0.5) is 5.13 Å². The number of carbonyl (C=O) groups is 1. The van der Waals surface area contributed by atoms with Crippen molar-refractivity contribution in [1.29, 1.82) is 0 Å². The lowest BCUT2D eigenvalue weighted by atomic mass is 10.2. The zero-order valence-corrected chi connectivity index (χ0v) is 13.0. The van der Waals surface area contributed by atoms with Crippen LogP contribution in [-0.2, 0) is 11.8 Å². The monoisotopic (exact) mass is 320 g/mol. The van der Waals surface area contributed by atoms with Crippen molar-refractivity contribution in [3.63, 3.8) is 0 Å². The van der Waals surface area contributed by atoms with E-state index in [9.17, 15) is 4.79 Å². The summed E-state index contributed by atoms with van der Waals surface area (Å²) in [5.74, 6) is 0.113. The molecule has 0 atom stereocenters. The van der Waals surface area contributed by atoms with Crippen LogP contribution in [0, 0.1) is 6.92 Å². The highest BCUT2D eigenvalue weighted by Crippen LogP contribution is 2.26. The fourth-order valence-electron chi connectivity index (χ4n) is 1.71. The molecule has 0 saturated carbocycles. The number of thiazole rings is 1. The van der Waals surface area contributed by atoms with Gasteiger partial charge in [-0.3, -0.25) is 4.79 Å². The Kier molecular flexibility index (Phi) is 3.84. The largest absolute Gasteiger partial charge is 0.301 e. The zero-order chi connectivity index (χ0) is 14.8. The summed E-state index contributed by atoms with van der Waals surface area (Å²) in [5.41, 5.74) is 2.07. The Bertz CT molecular complexity index is 796. The van der Waals surface area contributed by atoms with Crippen molar-refractivity contribution < 1.29 is 4.79 Å². The molecule has 0 aliphatic rings. The van der Waals surface area contributed by atoms with Crippen LogP contribution in [0.3, 0.4) is 0 Å². The Morgan fingerprint density at radius 2 is 2.33 bits per heavy atom.